The van der Waals surface area contributed by atoms with Gasteiger partial charge in [0.2, 0.25) is 5.91 Å². The Morgan fingerprint density at radius 1 is 1.11 bits per heavy atom. The Kier molecular flexibility index (Phi) is 7.25. The largest absolute Gasteiger partial charge is 0.339 e. The molecule has 0 aromatic heterocycles. The van der Waals surface area contributed by atoms with Gasteiger partial charge in [-0.3, -0.25) is 15.0 Å². The fraction of sp³-hybridized carbons (Fsp3) is 0.917. The molecular weight excluding hydrogens is 305 g/mol. The average Bonchev–Trinajstić information content (AvgIpc) is 2.80. The van der Waals surface area contributed by atoms with E-state index < -0.39 is 0 Å². The highest BCUT2D eigenvalue weighted by atomic mass is 35.5. The number of hydrogen-bond acceptors (Lipinski definition) is 4. The van der Waals surface area contributed by atoms with Crippen molar-refractivity contribution in [3.63, 3.8) is 0 Å². The van der Waals surface area contributed by atoms with Crippen LogP contribution in [-0.2, 0) is 4.79 Å². The Hall–Kier alpha value is 0.320. The summed E-state index contributed by atoms with van der Waals surface area (Å²) < 4.78 is 0. The summed E-state index contributed by atoms with van der Waals surface area (Å²) in [4.78, 5) is 16.8. The van der Waals surface area contributed by atoms with Gasteiger partial charge >= 0.3 is 0 Å². The Balaban J connectivity index is 0.000000902. The Labute approximate surface area is 131 Å². The van der Waals surface area contributed by atoms with Gasteiger partial charge in [-0.1, -0.05) is 6.42 Å². The molecule has 1 amide bonds. The number of thioether (sulfide) groups is 1. The van der Waals surface area contributed by atoms with Crippen molar-refractivity contribution in [1.29, 1.82) is 0 Å². The van der Waals surface area contributed by atoms with Crippen molar-refractivity contribution in [2.24, 2.45) is 0 Å². The molecule has 0 radical (unpaired) electrons. The van der Waals surface area contributed by atoms with Gasteiger partial charge in [0.05, 0.1) is 6.04 Å². The molecule has 0 aromatic rings. The quantitative estimate of drug-likeness (QED) is 0.826. The zero-order valence-corrected chi connectivity index (χ0v) is 13.5. The van der Waals surface area contributed by atoms with E-state index in [2.05, 4.69) is 15.1 Å². The third-order valence-electron chi connectivity index (χ3n) is 4.23. The molecule has 2 saturated heterocycles. The summed E-state index contributed by atoms with van der Waals surface area (Å²) in [5, 5.41) is 3.27. The molecular formula is C12H23Cl2N3OS. The van der Waals surface area contributed by atoms with Crippen LogP contribution in [0.4, 0.5) is 0 Å². The Morgan fingerprint density at radius 3 is 2.26 bits per heavy atom. The third kappa shape index (κ3) is 3.91. The van der Waals surface area contributed by atoms with Crippen LogP contribution < -0.4 is 5.32 Å². The molecule has 0 aromatic carbocycles. The van der Waals surface area contributed by atoms with E-state index in [0.29, 0.717) is 5.91 Å². The Morgan fingerprint density at radius 2 is 1.79 bits per heavy atom. The van der Waals surface area contributed by atoms with Crippen molar-refractivity contribution < 1.29 is 4.79 Å². The van der Waals surface area contributed by atoms with E-state index in [1.165, 1.54) is 19.3 Å². The lowest BCUT2D eigenvalue weighted by Crippen LogP contribution is -2.56. The summed E-state index contributed by atoms with van der Waals surface area (Å²) in [6.45, 7) is 4.02. The minimum atomic E-state index is 0. The number of hydrogen-bond donors (Lipinski definition) is 1. The van der Waals surface area contributed by atoms with Gasteiger partial charge in [0.1, 0.15) is 0 Å². The molecule has 0 bridgehead atoms. The molecule has 2 heterocycles. The molecule has 3 aliphatic rings. The first-order valence-electron chi connectivity index (χ1n) is 6.68. The van der Waals surface area contributed by atoms with E-state index >= 15 is 0 Å². The first-order chi connectivity index (χ1) is 8.34. The highest BCUT2D eigenvalue weighted by Gasteiger charge is 2.32. The standard InChI is InChI=1S/C12H21N3OS.2ClH/c16-12(11-8-17-9-13-11)15-6-4-14(5-7-15)10-2-1-3-10;;/h10-11,13H,1-9H2;2*1H. The number of piperazine rings is 1. The van der Waals surface area contributed by atoms with E-state index in [-0.39, 0.29) is 30.9 Å². The summed E-state index contributed by atoms with van der Waals surface area (Å²) in [5.74, 6) is 2.20. The fourth-order valence-corrected chi connectivity index (χ4v) is 3.77. The van der Waals surface area contributed by atoms with Crippen LogP contribution >= 0.6 is 36.6 Å². The molecule has 1 unspecified atom stereocenters. The summed E-state index contributed by atoms with van der Waals surface area (Å²) in [6, 6.07) is 0.905. The molecule has 3 fully saturated rings. The second-order valence-electron chi connectivity index (χ2n) is 5.22. The summed E-state index contributed by atoms with van der Waals surface area (Å²) >= 11 is 1.82. The number of halogens is 2. The predicted molar refractivity (Wildman–Crippen MR) is 84.5 cm³/mol. The van der Waals surface area contributed by atoms with Crippen LogP contribution in [0.25, 0.3) is 0 Å². The molecule has 112 valence electrons. The highest BCUT2D eigenvalue weighted by Crippen LogP contribution is 2.25. The molecule has 7 heteroatoms. The van der Waals surface area contributed by atoms with Crippen LogP contribution in [-0.4, -0.2) is 65.6 Å². The maximum atomic E-state index is 12.2. The predicted octanol–water partition coefficient (Wildman–Crippen LogP) is 1.19. The molecule has 1 aliphatic carbocycles. The lowest BCUT2D eigenvalue weighted by molar-refractivity contribution is -0.135. The maximum absolute atomic E-state index is 12.2. The van der Waals surface area contributed by atoms with Crippen molar-refractivity contribution in [3.05, 3.63) is 0 Å². The molecule has 19 heavy (non-hydrogen) atoms. The van der Waals surface area contributed by atoms with Gasteiger partial charge < -0.3 is 4.90 Å². The van der Waals surface area contributed by atoms with Gasteiger partial charge in [0, 0.05) is 43.9 Å². The molecule has 1 saturated carbocycles. The number of rotatable bonds is 2. The molecule has 3 rings (SSSR count). The van der Waals surface area contributed by atoms with E-state index in [0.717, 1.165) is 43.9 Å². The SMILES string of the molecule is Cl.Cl.O=C(C1CSCN1)N1CCN(C2CCC2)CC1. The number of nitrogens with one attached hydrogen (secondary N) is 1. The van der Waals surface area contributed by atoms with Crippen LogP contribution in [0.2, 0.25) is 0 Å². The van der Waals surface area contributed by atoms with E-state index in [1.54, 1.807) is 0 Å². The minimum Gasteiger partial charge on any atom is -0.339 e. The van der Waals surface area contributed by atoms with Gasteiger partial charge in [0.15, 0.2) is 0 Å². The summed E-state index contributed by atoms with van der Waals surface area (Å²) in [7, 11) is 0. The fourth-order valence-electron chi connectivity index (χ4n) is 2.83. The van der Waals surface area contributed by atoms with Crippen LogP contribution in [0.15, 0.2) is 0 Å². The normalized spacial score (nSPS) is 28.2. The average molecular weight is 328 g/mol. The first-order valence-corrected chi connectivity index (χ1v) is 7.84. The van der Waals surface area contributed by atoms with Gasteiger partial charge in [-0.2, -0.15) is 0 Å². The zero-order chi connectivity index (χ0) is 11.7. The summed E-state index contributed by atoms with van der Waals surface area (Å²) in [5.41, 5.74) is 0. The minimum absolute atomic E-state index is 0. The van der Waals surface area contributed by atoms with Crippen LogP contribution in [0.3, 0.4) is 0 Å². The lowest BCUT2D eigenvalue weighted by atomic mass is 9.91. The second kappa shape index (κ2) is 7.93. The smallest absolute Gasteiger partial charge is 0.240 e. The topological polar surface area (TPSA) is 35.6 Å². The second-order valence-corrected chi connectivity index (χ2v) is 6.25. The maximum Gasteiger partial charge on any atom is 0.240 e. The zero-order valence-electron chi connectivity index (χ0n) is 11.0. The first kappa shape index (κ1) is 17.4. The van der Waals surface area contributed by atoms with Gasteiger partial charge in [-0.25, -0.2) is 0 Å². The van der Waals surface area contributed by atoms with Crippen molar-refractivity contribution in [2.75, 3.05) is 37.8 Å². The molecule has 1 atom stereocenters. The van der Waals surface area contributed by atoms with Gasteiger partial charge in [0.25, 0.3) is 0 Å². The van der Waals surface area contributed by atoms with Crippen molar-refractivity contribution in [2.45, 2.75) is 31.3 Å². The molecule has 1 N–H and O–H groups in total. The highest BCUT2D eigenvalue weighted by molar-refractivity contribution is 7.99. The van der Waals surface area contributed by atoms with Crippen LogP contribution in [0.5, 0.6) is 0 Å². The number of carbonyl (C=O) groups is 1. The Bertz CT molecular complexity index is 291. The monoisotopic (exact) mass is 327 g/mol. The van der Waals surface area contributed by atoms with Crippen molar-refractivity contribution in [3.8, 4) is 0 Å². The van der Waals surface area contributed by atoms with E-state index in [4.69, 9.17) is 0 Å². The van der Waals surface area contributed by atoms with Gasteiger partial charge in [-0.05, 0) is 12.8 Å². The van der Waals surface area contributed by atoms with Crippen molar-refractivity contribution >= 4 is 42.5 Å². The number of carbonyl (C=O) groups excluding carboxylic acids is 1. The lowest BCUT2D eigenvalue weighted by Gasteiger charge is -2.43. The molecule has 4 nitrogen and oxygen atoms in total. The van der Waals surface area contributed by atoms with E-state index in [9.17, 15) is 4.79 Å². The van der Waals surface area contributed by atoms with Crippen molar-refractivity contribution in [1.82, 2.24) is 15.1 Å². The number of amides is 1. The van der Waals surface area contributed by atoms with Crippen LogP contribution in [0, 0.1) is 0 Å². The molecule has 0 spiro atoms. The van der Waals surface area contributed by atoms with E-state index in [1.807, 2.05) is 11.8 Å². The number of nitrogens with zero attached hydrogens (tertiary/aromatic N) is 2. The third-order valence-corrected chi connectivity index (χ3v) is 5.17. The summed E-state index contributed by atoms with van der Waals surface area (Å²) in [6.07, 6.45) is 4.14. The molecule has 2 aliphatic heterocycles. The van der Waals surface area contributed by atoms with Crippen LogP contribution in [0.1, 0.15) is 19.3 Å². The van der Waals surface area contributed by atoms with Gasteiger partial charge in [-0.15, -0.1) is 36.6 Å².